The summed E-state index contributed by atoms with van der Waals surface area (Å²) in [5.74, 6) is 0. The molecule has 0 saturated carbocycles. The van der Waals surface area contributed by atoms with Crippen LogP contribution in [0.3, 0.4) is 0 Å². The molecule has 198 valence electrons. The normalized spacial score (nSPS) is 11.3. The Kier molecular flexibility index (Phi) is 5.82. The van der Waals surface area contributed by atoms with Gasteiger partial charge in [0, 0.05) is 33.2 Å². The van der Waals surface area contributed by atoms with Crippen LogP contribution in [0.1, 0.15) is 0 Å². The Morgan fingerprint density at radius 1 is 0.357 bits per heavy atom. The van der Waals surface area contributed by atoms with Crippen molar-refractivity contribution in [3.05, 3.63) is 170 Å². The van der Waals surface area contributed by atoms with Crippen molar-refractivity contribution in [1.29, 1.82) is 0 Å². The zero-order valence-electron chi connectivity index (χ0n) is 23.1. The number of hydrogen-bond donors (Lipinski definition) is 0. The number of fused-ring (bicyclic) bond motifs is 4. The minimum atomic E-state index is 1.12. The first-order valence-electron chi connectivity index (χ1n) is 14.4. The minimum Gasteiger partial charge on any atom is -0.310 e. The van der Waals surface area contributed by atoms with Gasteiger partial charge in [0.05, 0.1) is 16.7 Å². The Bertz CT molecular complexity index is 2170. The van der Waals surface area contributed by atoms with E-state index in [9.17, 15) is 0 Å². The minimum absolute atomic E-state index is 1.12. The molecular weight excluding hydrogens is 508 g/mol. The second kappa shape index (κ2) is 10.1. The maximum absolute atomic E-state index is 2.41. The molecule has 7 aromatic carbocycles. The van der Waals surface area contributed by atoms with E-state index in [4.69, 9.17) is 0 Å². The van der Waals surface area contributed by atoms with Gasteiger partial charge in [0.25, 0.3) is 0 Å². The number of para-hydroxylation sites is 2. The van der Waals surface area contributed by atoms with Crippen LogP contribution >= 0.6 is 0 Å². The van der Waals surface area contributed by atoms with E-state index in [0.717, 1.165) is 17.1 Å². The van der Waals surface area contributed by atoms with E-state index in [1.54, 1.807) is 0 Å². The molecule has 0 N–H and O–H groups in total. The molecule has 0 aliphatic carbocycles. The lowest BCUT2D eigenvalue weighted by molar-refractivity contribution is 1.20. The topological polar surface area (TPSA) is 8.17 Å². The molecule has 2 heteroatoms. The molecule has 0 amide bonds. The molecule has 0 saturated heterocycles. The molecule has 0 aliphatic rings. The van der Waals surface area contributed by atoms with E-state index in [1.165, 1.54) is 49.4 Å². The molecule has 8 rings (SSSR count). The fraction of sp³-hybridized carbons (Fsp3) is 0. The van der Waals surface area contributed by atoms with Gasteiger partial charge in [-0.15, -0.1) is 0 Å². The highest BCUT2D eigenvalue weighted by atomic mass is 15.1. The van der Waals surface area contributed by atoms with Crippen LogP contribution in [-0.2, 0) is 0 Å². The zero-order valence-corrected chi connectivity index (χ0v) is 23.1. The summed E-state index contributed by atoms with van der Waals surface area (Å²) in [6, 6.07) is 60.9. The highest BCUT2D eigenvalue weighted by Gasteiger charge is 2.18. The van der Waals surface area contributed by atoms with Crippen molar-refractivity contribution in [1.82, 2.24) is 4.57 Å². The zero-order chi connectivity index (χ0) is 27.9. The summed E-state index contributed by atoms with van der Waals surface area (Å²) in [6.07, 6.45) is 0. The molecule has 0 radical (unpaired) electrons. The molecule has 42 heavy (non-hydrogen) atoms. The average Bonchev–Trinajstić information content (AvgIpc) is 3.39. The van der Waals surface area contributed by atoms with Crippen LogP contribution in [0.2, 0.25) is 0 Å². The van der Waals surface area contributed by atoms with Crippen molar-refractivity contribution >= 4 is 49.6 Å². The van der Waals surface area contributed by atoms with Crippen molar-refractivity contribution in [2.45, 2.75) is 0 Å². The maximum Gasteiger partial charge on any atom is 0.0542 e. The quantitative estimate of drug-likeness (QED) is 0.212. The lowest BCUT2D eigenvalue weighted by atomic mass is 10.0. The summed E-state index contributed by atoms with van der Waals surface area (Å²) in [5, 5.41) is 4.97. The molecular formula is C40H28N2. The molecule has 1 heterocycles. The third kappa shape index (κ3) is 4.05. The van der Waals surface area contributed by atoms with Gasteiger partial charge < -0.3 is 9.47 Å². The monoisotopic (exact) mass is 536 g/mol. The molecule has 8 aromatic rings. The van der Waals surface area contributed by atoms with Crippen molar-refractivity contribution in [3.8, 4) is 16.8 Å². The smallest absolute Gasteiger partial charge is 0.0542 e. The van der Waals surface area contributed by atoms with E-state index in [2.05, 4.69) is 179 Å². The molecule has 0 atom stereocenters. The Morgan fingerprint density at radius 2 is 0.929 bits per heavy atom. The van der Waals surface area contributed by atoms with Gasteiger partial charge in [0.2, 0.25) is 0 Å². The summed E-state index contributed by atoms with van der Waals surface area (Å²) < 4.78 is 2.41. The summed E-state index contributed by atoms with van der Waals surface area (Å²) in [6.45, 7) is 0. The summed E-state index contributed by atoms with van der Waals surface area (Å²) >= 11 is 0. The lowest BCUT2D eigenvalue weighted by Gasteiger charge is -2.26. The Balaban J connectivity index is 1.33. The Hall–Kier alpha value is -5.60. The fourth-order valence-corrected chi connectivity index (χ4v) is 6.22. The molecule has 0 bridgehead atoms. The van der Waals surface area contributed by atoms with E-state index < -0.39 is 0 Å². The third-order valence-corrected chi connectivity index (χ3v) is 8.17. The molecule has 1 aromatic heterocycles. The molecule has 2 nitrogen and oxygen atoms in total. The first-order valence-corrected chi connectivity index (χ1v) is 14.4. The largest absolute Gasteiger partial charge is 0.310 e. The lowest BCUT2D eigenvalue weighted by Crippen LogP contribution is -2.09. The van der Waals surface area contributed by atoms with Crippen LogP contribution < -0.4 is 4.90 Å². The second-order valence-corrected chi connectivity index (χ2v) is 10.6. The predicted octanol–water partition coefficient (Wildman–Crippen LogP) is 11.1. The van der Waals surface area contributed by atoms with Gasteiger partial charge in [0.1, 0.15) is 0 Å². The second-order valence-electron chi connectivity index (χ2n) is 10.6. The number of hydrogen-bond acceptors (Lipinski definition) is 1. The molecule has 0 unspecified atom stereocenters. The Labute approximate surface area is 245 Å². The number of anilines is 3. The van der Waals surface area contributed by atoms with Crippen LogP contribution in [0.5, 0.6) is 0 Å². The van der Waals surface area contributed by atoms with Crippen molar-refractivity contribution < 1.29 is 0 Å². The van der Waals surface area contributed by atoms with Gasteiger partial charge >= 0.3 is 0 Å². The van der Waals surface area contributed by atoms with Gasteiger partial charge in [0.15, 0.2) is 0 Å². The van der Waals surface area contributed by atoms with Crippen LogP contribution in [0.15, 0.2) is 170 Å². The first-order chi connectivity index (χ1) is 20.8. The summed E-state index contributed by atoms with van der Waals surface area (Å²) in [4.78, 5) is 2.35. The van der Waals surface area contributed by atoms with Gasteiger partial charge in [-0.3, -0.25) is 0 Å². The maximum atomic E-state index is 2.41. The van der Waals surface area contributed by atoms with E-state index in [0.29, 0.717) is 0 Å². The van der Waals surface area contributed by atoms with Crippen molar-refractivity contribution in [2.24, 2.45) is 0 Å². The van der Waals surface area contributed by atoms with E-state index in [-0.39, 0.29) is 0 Å². The van der Waals surface area contributed by atoms with Gasteiger partial charge in [-0.1, -0.05) is 115 Å². The van der Waals surface area contributed by atoms with E-state index in [1.807, 2.05) is 0 Å². The number of nitrogens with zero attached hydrogens (tertiary/aromatic N) is 2. The van der Waals surface area contributed by atoms with Gasteiger partial charge in [-0.25, -0.2) is 0 Å². The molecule has 0 aliphatic heterocycles. The number of rotatable bonds is 5. The van der Waals surface area contributed by atoms with Gasteiger partial charge in [-0.2, -0.15) is 0 Å². The third-order valence-electron chi connectivity index (χ3n) is 8.17. The van der Waals surface area contributed by atoms with Crippen LogP contribution in [0.25, 0.3) is 49.4 Å². The summed E-state index contributed by atoms with van der Waals surface area (Å²) in [5.41, 5.74) is 9.41. The average molecular weight is 537 g/mol. The highest BCUT2D eigenvalue weighted by Crippen LogP contribution is 2.40. The standard InChI is InChI=1S/C40H28N2/c1-3-12-29(13-4-1)30-22-24-33(25-23-30)41(32-16-5-2-6-17-32)34-26-27-40-37(28-34)36-19-9-10-20-39(36)42(40)38-21-11-15-31-14-7-8-18-35(31)38/h1-28H. The fourth-order valence-electron chi connectivity index (χ4n) is 6.22. The van der Waals surface area contributed by atoms with Crippen LogP contribution in [0, 0.1) is 0 Å². The number of benzene rings is 7. The van der Waals surface area contributed by atoms with Crippen LogP contribution in [0.4, 0.5) is 17.1 Å². The Morgan fingerprint density at radius 3 is 1.74 bits per heavy atom. The van der Waals surface area contributed by atoms with Crippen LogP contribution in [-0.4, -0.2) is 4.57 Å². The van der Waals surface area contributed by atoms with Gasteiger partial charge in [-0.05, 0) is 71.1 Å². The number of aromatic nitrogens is 1. The van der Waals surface area contributed by atoms with E-state index >= 15 is 0 Å². The van der Waals surface area contributed by atoms with Crippen molar-refractivity contribution in [3.63, 3.8) is 0 Å². The van der Waals surface area contributed by atoms with Crippen molar-refractivity contribution in [2.75, 3.05) is 4.90 Å². The summed E-state index contributed by atoms with van der Waals surface area (Å²) in [7, 11) is 0. The molecule has 0 fully saturated rings. The SMILES string of the molecule is c1ccc(-c2ccc(N(c3ccccc3)c3ccc4c(c3)c3ccccc3n4-c3cccc4ccccc34)cc2)cc1. The first kappa shape index (κ1) is 24.2. The predicted molar refractivity (Wildman–Crippen MR) is 178 cm³/mol. The molecule has 0 spiro atoms. The highest BCUT2D eigenvalue weighted by molar-refractivity contribution is 6.12.